The molecular formula is C15H18N2O4. The third-order valence-electron chi connectivity index (χ3n) is 3.18. The Morgan fingerprint density at radius 2 is 2.19 bits per heavy atom. The molecule has 0 N–H and O–H groups in total. The van der Waals surface area contributed by atoms with E-state index >= 15 is 0 Å². The number of esters is 1. The summed E-state index contributed by atoms with van der Waals surface area (Å²) in [4.78, 5) is 27.8. The number of aryl methyl sites for hydroxylation is 1. The molecule has 0 saturated heterocycles. The zero-order valence-corrected chi connectivity index (χ0v) is 12.4. The Morgan fingerprint density at radius 1 is 1.43 bits per heavy atom. The van der Waals surface area contributed by atoms with Gasteiger partial charge in [0.25, 0.3) is 0 Å². The molecule has 0 aliphatic rings. The lowest BCUT2D eigenvalue weighted by molar-refractivity contribution is 0.0601. The second-order valence-electron chi connectivity index (χ2n) is 4.69. The van der Waals surface area contributed by atoms with Crippen LogP contribution in [0.25, 0.3) is 11.5 Å². The molecule has 0 aromatic carbocycles. The van der Waals surface area contributed by atoms with E-state index in [2.05, 4.69) is 11.9 Å². The molecule has 0 saturated carbocycles. The van der Waals surface area contributed by atoms with Gasteiger partial charge in [0.15, 0.2) is 5.76 Å². The fraction of sp³-hybridized carbons (Fsp3) is 0.400. The summed E-state index contributed by atoms with van der Waals surface area (Å²) >= 11 is 0. The average molecular weight is 290 g/mol. The summed E-state index contributed by atoms with van der Waals surface area (Å²) in [6, 6.07) is 1.53. The molecule has 6 nitrogen and oxygen atoms in total. The number of imidazole rings is 1. The molecular weight excluding hydrogens is 272 g/mol. The summed E-state index contributed by atoms with van der Waals surface area (Å²) < 4.78 is 11.5. The largest absolute Gasteiger partial charge is 0.465 e. The molecule has 21 heavy (non-hydrogen) atoms. The summed E-state index contributed by atoms with van der Waals surface area (Å²) in [5.41, 5.74) is 0.759. The molecule has 112 valence electrons. The Morgan fingerprint density at radius 3 is 2.81 bits per heavy atom. The van der Waals surface area contributed by atoms with Gasteiger partial charge in [-0.2, -0.15) is 0 Å². The third-order valence-corrected chi connectivity index (χ3v) is 3.18. The Kier molecular flexibility index (Phi) is 4.57. The van der Waals surface area contributed by atoms with Crippen LogP contribution in [0.5, 0.6) is 0 Å². The molecule has 0 amide bonds. The third kappa shape index (κ3) is 3.04. The van der Waals surface area contributed by atoms with Gasteiger partial charge >= 0.3 is 5.97 Å². The van der Waals surface area contributed by atoms with Gasteiger partial charge in [-0.15, -0.1) is 0 Å². The van der Waals surface area contributed by atoms with Crippen LogP contribution in [0.4, 0.5) is 0 Å². The lowest BCUT2D eigenvalue weighted by Gasteiger charge is -2.01. The van der Waals surface area contributed by atoms with Gasteiger partial charge in [0.05, 0.1) is 13.4 Å². The SMILES string of the molecule is CCCCc1nc(-c2occc2C(=O)OC)cn1C(C)=O. The van der Waals surface area contributed by atoms with E-state index in [1.165, 1.54) is 30.9 Å². The monoisotopic (exact) mass is 290 g/mol. The molecule has 2 rings (SSSR count). The molecule has 0 radical (unpaired) electrons. The number of hydrogen-bond acceptors (Lipinski definition) is 5. The van der Waals surface area contributed by atoms with E-state index in [0.717, 1.165) is 12.8 Å². The standard InChI is InChI=1S/C15H18N2O4/c1-4-5-6-13-16-12(9-17(13)10(2)18)14-11(7-8-21-14)15(19)20-3/h7-9H,4-6H2,1-3H3. The fourth-order valence-electron chi connectivity index (χ4n) is 2.09. The Balaban J connectivity index is 2.43. The Hall–Kier alpha value is -2.37. The highest BCUT2D eigenvalue weighted by Crippen LogP contribution is 2.25. The van der Waals surface area contributed by atoms with Crippen LogP contribution in [0.3, 0.4) is 0 Å². The normalized spacial score (nSPS) is 10.6. The van der Waals surface area contributed by atoms with Crippen LogP contribution < -0.4 is 0 Å². The van der Waals surface area contributed by atoms with Crippen LogP contribution in [0.15, 0.2) is 22.9 Å². The van der Waals surface area contributed by atoms with E-state index < -0.39 is 5.97 Å². The number of rotatable bonds is 5. The van der Waals surface area contributed by atoms with Crippen molar-refractivity contribution >= 4 is 11.9 Å². The van der Waals surface area contributed by atoms with Crippen LogP contribution in [0.2, 0.25) is 0 Å². The first-order valence-electron chi connectivity index (χ1n) is 6.83. The van der Waals surface area contributed by atoms with Crippen molar-refractivity contribution in [3.63, 3.8) is 0 Å². The molecule has 0 fully saturated rings. The zero-order chi connectivity index (χ0) is 15.4. The van der Waals surface area contributed by atoms with E-state index in [9.17, 15) is 9.59 Å². The van der Waals surface area contributed by atoms with Crippen LogP contribution in [-0.4, -0.2) is 28.5 Å². The second-order valence-corrected chi connectivity index (χ2v) is 4.69. The molecule has 0 unspecified atom stereocenters. The predicted octanol–water partition coefficient (Wildman–Crippen LogP) is 2.93. The molecule has 0 bridgehead atoms. The van der Waals surface area contributed by atoms with Gasteiger partial charge in [-0.3, -0.25) is 9.36 Å². The zero-order valence-electron chi connectivity index (χ0n) is 12.4. The molecule has 0 aliphatic carbocycles. The highest BCUT2D eigenvalue weighted by Gasteiger charge is 2.21. The number of carbonyl (C=O) groups excluding carboxylic acids is 2. The number of ether oxygens (including phenoxy) is 1. The Labute approximate surface area is 122 Å². The lowest BCUT2D eigenvalue weighted by atomic mass is 10.2. The molecule has 2 heterocycles. The van der Waals surface area contributed by atoms with Crippen molar-refractivity contribution in [2.75, 3.05) is 7.11 Å². The topological polar surface area (TPSA) is 74.3 Å². The van der Waals surface area contributed by atoms with Gasteiger partial charge in [-0.05, 0) is 12.5 Å². The summed E-state index contributed by atoms with van der Waals surface area (Å²) in [7, 11) is 1.31. The van der Waals surface area contributed by atoms with Gasteiger partial charge in [0, 0.05) is 19.5 Å². The van der Waals surface area contributed by atoms with E-state index in [1.54, 1.807) is 6.20 Å². The van der Waals surface area contributed by atoms with Crippen molar-refractivity contribution in [1.82, 2.24) is 9.55 Å². The summed E-state index contributed by atoms with van der Waals surface area (Å²) in [5, 5.41) is 0. The van der Waals surface area contributed by atoms with Gasteiger partial charge in [0.2, 0.25) is 5.91 Å². The molecule has 2 aromatic heterocycles. The van der Waals surface area contributed by atoms with Crippen LogP contribution in [0.1, 0.15) is 47.7 Å². The molecule has 0 aliphatic heterocycles. The number of carbonyl (C=O) groups is 2. The average Bonchev–Trinajstić information content (AvgIpc) is 3.10. The highest BCUT2D eigenvalue weighted by molar-refractivity contribution is 5.95. The van der Waals surface area contributed by atoms with Gasteiger partial charge < -0.3 is 9.15 Å². The van der Waals surface area contributed by atoms with E-state index in [4.69, 9.17) is 9.15 Å². The molecule has 6 heteroatoms. The van der Waals surface area contributed by atoms with E-state index in [-0.39, 0.29) is 5.91 Å². The number of nitrogens with zero attached hydrogens (tertiary/aromatic N) is 2. The maximum Gasteiger partial charge on any atom is 0.341 e. The number of furan rings is 1. The van der Waals surface area contributed by atoms with Crippen molar-refractivity contribution < 1.29 is 18.7 Å². The van der Waals surface area contributed by atoms with Crippen molar-refractivity contribution in [1.29, 1.82) is 0 Å². The van der Waals surface area contributed by atoms with Crippen molar-refractivity contribution in [3.05, 3.63) is 29.9 Å². The minimum atomic E-state index is -0.494. The van der Waals surface area contributed by atoms with E-state index in [0.29, 0.717) is 29.3 Å². The summed E-state index contributed by atoms with van der Waals surface area (Å²) in [6.07, 6.45) is 5.64. The summed E-state index contributed by atoms with van der Waals surface area (Å²) in [6.45, 7) is 3.55. The first kappa shape index (κ1) is 15.0. The van der Waals surface area contributed by atoms with Gasteiger partial charge in [0.1, 0.15) is 17.1 Å². The number of methoxy groups -OCH3 is 1. The van der Waals surface area contributed by atoms with Crippen molar-refractivity contribution in [3.8, 4) is 11.5 Å². The maximum absolute atomic E-state index is 11.7. The first-order chi connectivity index (χ1) is 10.1. The maximum atomic E-state index is 11.7. The number of aromatic nitrogens is 2. The Bertz CT molecular complexity index is 654. The molecule has 2 aromatic rings. The first-order valence-corrected chi connectivity index (χ1v) is 6.83. The second kappa shape index (κ2) is 6.39. The summed E-state index contributed by atoms with van der Waals surface area (Å²) in [5.74, 6) is 0.378. The van der Waals surface area contributed by atoms with Crippen molar-refractivity contribution in [2.24, 2.45) is 0 Å². The number of unbranched alkanes of at least 4 members (excludes halogenated alkanes) is 1. The quantitative estimate of drug-likeness (QED) is 0.791. The molecule has 0 atom stereocenters. The van der Waals surface area contributed by atoms with Gasteiger partial charge in [-0.1, -0.05) is 13.3 Å². The fourth-order valence-corrected chi connectivity index (χ4v) is 2.09. The van der Waals surface area contributed by atoms with Crippen LogP contribution in [0, 0.1) is 0 Å². The smallest absolute Gasteiger partial charge is 0.341 e. The number of hydrogen-bond donors (Lipinski definition) is 0. The molecule has 0 spiro atoms. The van der Waals surface area contributed by atoms with E-state index in [1.807, 2.05) is 0 Å². The van der Waals surface area contributed by atoms with Gasteiger partial charge in [-0.25, -0.2) is 9.78 Å². The highest BCUT2D eigenvalue weighted by atomic mass is 16.5. The predicted molar refractivity (Wildman–Crippen MR) is 76.2 cm³/mol. The lowest BCUT2D eigenvalue weighted by Crippen LogP contribution is -2.09. The minimum absolute atomic E-state index is 0.119. The van der Waals surface area contributed by atoms with Crippen LogP contribution >= 0.6 is 0 Å². The van der Waals surface area contributed by atoms with Crippen LogP contribution in [-0.2, 0) is 11.2 Å². The minimum Gasteiger partial charge on any atom is -0.465 e. The van der Waals surface area contributed by atoms with Crippen molar-refractivity contribution in [2.45, 2.75) is 33.1 Å².